The summed E-state index contributed by atoms with van der Waals surface area (Å²) in [6, 6.07) is 9.85. The first kappa shape index (κ1) is 25.0. The SMILES string of the molecule is CSNc1cc2[nH]c(C(=O)c3cnn(-c4cnc(Oc5cccc(F)c5F)c(C)c4)c3N)cc2cc1OF. The minimum absolute atomic E-state index is 0.0207. The maximum atomic E-state index is 14.0. The second-order valence-electron chi connectivity index (χ2n) is 8.16. The molecule has 0 spiro atoms. The highest BCUT2D eigenvalue weighted by atomic mass is 32.2. The van der Waals surface area contributed by atoms with Crippen molar-refractivity contribution in [2.24, 2.45) is 0 Å². The fourth-order valence-corrected chi connectivity index (χ4v) is 4.24. The van der Waals surface area contributed by atoms with E-state index in [9.17, 15) is 18.1 Å². The number of nitrogens with one attached hydrogen (secondary N) is 2. The molecule has 0 aliphatic carbocycles. The fourth-order valence-electron chi connectivity index (χ4n) is 3.86. The molecule has 4 N–H and O–H groups in total. The van der Waals surface area contributed by atoms with Crippen LogP contribution in [0.5, 0.6) is 17.4 Å². The summed E-state index contributed by atoms with van der Waals surface area (Å²) < 4.78 is 50.1. The first-order valence-electron chi connectivity index (χ1n) is 11.0. The largest absolute Gasteiger partial charge is 0.436 e. The van der Waals surface area contributed by atoms with Gasteiger partial charge in [0.25, 0.3) is 0 Å². The average molecular weight is 541 g/mol. The van der Waals surface area contributed by atoms with E-state index in [1.54, 1.807) is 31.4 Å². The third-order valence-electron chi connectivity index (χ3n) is 5.69. The number of nitrogens with two attached hydrogens (primary N) is 1. The highest BCUT2D eigenvalue weighted by molar-refractivity contribution is 7.99. The number of halogens is 3. The number of rotatable bonds is 8. The van der Waals surface area contributed by atoms with Gasteiger partial charge < -0.3 is 20.2 Å². The molecule has 3 heterocycles. The van der Waals surface area contributed by atoms with E-state index in [1.165, 1.54) is 47.2 Å². The van der Waals surface area contributed by atoms with Gasteiger partial charge in [-0.15, -0.1) is 0 Å². The lowest BCUT2D eigenvalue weighted by molar-refractivity contribution is -0.00504. The molecule has 0 saturated carbocycles. The number of H-pyrrole nitrogens is 1. The molecular weight excluding hydrogens is 521 g/mol. The Hall–Kier alpha value is -4.65. The van der Waals surface area contributed by atoms with Crippen LogP contribution in [0.3, 0.4) is 0 Å². The Labute approximate surface area is 217 Å². The molecule has 0 bridgehead atoms. The predicted octanol–water partition coefficient (Wildman–Crippen LogP) is 5.89. The number of anilines is 2. The number of pyridine rings is 1. The van der Waals surface area contributed by atoms with Gasteiger partial charge in [-0.2, -0.15) is 9.49 Å². The summed E-state index contributed by atoms with van der Waals surface area (Å²) in [6.07, 6.45) is 4.47. The number of aromatic nitrogens is 4. The maximum absolute atomic E-state index is 14.0. The zero-order valence-corrected chi connectivity index (χ0v) is 20.7. The van der Waals surface area contributed by atoms with Crippen LogP contribution in [0, 0.1) is 18.6 Å². The Kier molecular flexibility index (Phi) is 6.59. The zero-order chi connectivity index (χ0) is 27.0. The number of hydrogen-bond donors (Lipinski definition) is 3. The minimum atomic E-state index is -1.13. The molecule has 9 nitrogen and oxygen atoms in total. The lowest BCUT2D eigenvalue weighted by Gasteiger charge is -2.11. The van der Waals surface area contributed by atoms with Gasteiger partial charge in [0.2, 0.25) is 17.5 Å². The Morgan fingerprint density at radius 3 is 2.71 bits per heavy atom. The summed E-state index contributed by atoms with van der Waals surface area (Å²) in [7, 11) is 0. The van der Waals surface area contributed by atoms with Gasteiger partial charge in [0.15, 0.2) is 17.3 Å². The molecule has 5 rings (SSSR count). The summed E-state index contributed by atoms with van der Waals surface area (Å²) >= 11 is 1.26. The second-order valence-corrected chi connectivity index (χ2v) is 8.77. The summed E-state index contributed by atoms with van der Waals surface area (Å²) in [6.45, 7) is 1.66. The van der Waals surface area contributed by atoms with E-state index in [0.717, 1.165) is 6.07 Å². The number of fused-ring (bicyclic) bond motifs is 1. The third-order valence-corrected chi connectivity index (χ3v) is 6.12. The molecule has 0 unspecified atom stereocenters. The van der Waals surface area contributed by atoms with Gasteiger partial charge in [-0.05, 0) is 43.3 Å². The maximum Gasteiger partial charge on any atom is 0.222 e. The van der Waals surface area contributed by atoms with Gasteiger partial charge in [-0.25, -0.2) is 14.1 Å². The number of carbonyl (C=O) groups is 1. The lowest BCUT2D eigenvalue weighted by Crippen LogP contribution is -2.08. The van der Waals surface area contributed by atoms with Crippen LogP contribution in [0.2, 0.25) is 0 Å². The topological polar surface area (TPSA) is 120 Å². The zero-order valence-electron chi connectivity index (χ0n) is 19.9. The van der Waals surface area contributed by atoms with Crippen LogP contribution < -0.4 is 20.1 Å². The van der Waals surface area contributed by atoms with Crippen molar-refractivity contribution in [3.8, 4) is 23.1 Å². The number of ketones is 1. The van der Waals surface area contributed by atoms with Crippen LogP contribution >= 0.6 is 11.9 Å². The van der Waals surface area contributed by atoms with Gasteiger partial charge in [-0.3, -0.25) is 9.74 Å². The van der Waals surface area contributed by atoms with Crippen LogP contribution in [-0.2, 0) is 0 Å². The van der Waals surface area contributed by atoms with E-state index >= 15 is 0 Å². The molecular formula is C25H19F3N6O3S. The number of ether oxygens (including phenoxy) is 1. The van der Waals surface area contributed by atoms with Crippen molar-refractivity contribution < 1.29 is 27.8 Å². The molecule has 3 aromatic heterocycles. The fraction of sp³-hybridized carbons (Fsp3) is 0.0800. The molecule has 0 radical (unpaired) electrons. The first-order chi connectivity index (χ1) is 18.3. The van der Waals surface area contributed by atoms with Crippen molar-refractivity contribution >= 4 is 40.1 Å². The Balaban J connectivity index is 1.43. The average Bonchev–Trinajstić information content (AvgIpc) is 3.50. The number of hydrogen-bond acceptors (Lipinski definition) is 8. The van der Waals surface area contributed by atoms with Gasteiger partial charge in [0.1, 0.15) is 5.82 Å². The minimum Gasteiger partial charge on any atom is -0.436 e. The van der Waals surface area contributed by atoms with Crippen LogP contribution in [0.15, 0.2) is 54.9 Å². The molecule has 38 heavy (non-hydrogen) atoms. The normalized spacial score (nSPS) is 11.1. The molecule has 0 fully saturated rings. The molecule has 0 aliphatic heterocycles. The van der Waals surface area contributed by atoms with Gasteiger partial charge in [0, 0.05) is 27.2 Å². The highest BCUT2D eigenvalue weighted by Gasteiger charge is 2.21. The molecule has 0 atom stereocenters. The summed E-state index contributed by atoms with van der Waals surface area (Å²) in [5.41, 5.74) is 8.49. The van der Waals surface area contributed by atoms with Crippen molar-refractivity contribution in [3.63, 3.8) is 0 Å². The van der Waals surface area contributed by atoms with Crippen molar-refractivity contribution in [1.82, 2.24) is 19.7 Å². The summed E-state index contributed by atoms with van der Waals surface area (Å²) in [5.74, 6) is -2.81. The lowest BCUT2D eigenvalue weighted by atomic mass is 10.1. The summed E-state index contributed by atoms with van der Waals surface area (Å²) in [4.78, 5) is 24.4. The van der Waals surface area contributed by atoms with E-state index in [4.69, 9.17) is 10.5 Å². The smallest absolute Gasteiger partial charge is 0.222 e. The van der Waals surface area contributed by atoms with Crippen molar-refractivity contribution in [2.45, 2.75) is 6.92 Å². The van der Waals surface area contributed by atoms with Crippen LogP contribution in [0.4, 0.5) is 24.8 Å². The quantitative estimate of drug-likeness (QED) is 0.165. The van der Waals surface area contributed by atoms with Crippen LogP contribution in [0.1, 0.15) is 21.6 Å². The number of aromatic amines is 1. The molecule has 194 valence electrons. The third kappa shape index (κ3) is 4.47. The number of carbonyl (C=O) groups excluding carboxylic acids is 1. The Morgan fingerprint density at radius 2 is 1.97 bits per heavy atom. The molecule has 0 aliphatic rings. The molecule has 0 amide bonds. The predicted molar refractivity (Wildman–Crippen MR) is 138 cm³/mol. The highest BCUT2D eigenvalue weighted by Crippen LogP contribution is 2.33. The van der Waals surface area contributed by atoms with E-state index < -0.39 is 17.4 Å². The number of aryl methyl sites for hydroxylation is 1. The standard InChI is InChI=1S/C25H19F3N6O3S/c1-12-6-14(10-30-25(12)36-20-5-3-4-16(26)22(20)27)34-24(29)15(11-31-34)23(35)19-7-13-8-21(37-28)18(33-38-2)9-17(13)32-19/h3-11,32-33H,29H2,1-2H3. The Morgan fingerprint density at radius 1 is 1.16 bits per heavy atom. The second kappa shape index (κ2) is 10.0. The number of benzene rings is 2. The van der Waals surface area contributed by atoms with Crippen LogP contribution in [-0.4, -0.2) is 31.8 Å². The Bertz CT molecular complexity index is 1690. The van der Waals surface area contributed by atoms with Crippen LogP contribution in [0.25, 0.3) is 16.6 Å². The van der Waals surface area contributed by atoms with Gasteiger partial charge in [-0.1, -0.05) is 18.0 Å². The first-order valence-corrected chi connectivity index (χ1v) is 12.2. The van der Waals surface area contributed by atoms with Crippen molar-refractivity contribution in [2.75, 3.05) is 16.7 Å². The van der Waals surface area contributed by atoms with Crippen molar-refractivity contribution in [1.29, 1.82) is 0 Å². The van der Waals surface area contributed by atoms with Gasteiger partial charge >= 0.3 is 0 Å². The summed E-state index contributed by atoms with van der Waals surface area (Å²) in [5, 5.41) is 4.78. The van der Waals surface area contributed by atoms with E-state index in [2.05, 4.69) is 24.7 Å². The van der Waals surface area contributed by atoms with E-state index in [0.29, 0.717) is 27.8 Å². The molecule has 0 saturated heterocycles. The molecule has 13 heteroatoms. The molecule has 5 aromatic rings. The van der Waals surface area contributed by atoms with E-state index in [-0.39, 0.29) is 34.5 Å². The number of nitrogen functional groups attached to an aromatic ring is 1. The van der Waals surface area contributed by atoms with Gasteiger partial charge in [0.05, 0.1) is 35.0 Å². The monoisotopic (exact) mass is 540 g/mol. The van der Waals surface area contributed by atoms with Crippen molar-refractivity contribution in [3.05, 3.63) is 83.3 Å². The molecule has 2 aromatic carbocycles. The van der Waals surface area contributed by atoms with E-state index in [1.807, 2.05) is 0 Å². The number of nitrogens with zero attached hydrogens (tertiary/aromatic N) is 3.